The average molecular weight is 185 g/mol. The normalized spacial score (nSPS) is 9.85. The first-order chi connectivity index (χ1) is 6.00. The summed E-state index contributed by atoms with van der Waals surface area (Å²) < 4.78 is 0. The SMILES string of the molecule is O=C(O)Cc1c(O)cc(=O)[nH]c1O. The van der Waals surface area contributed by atoms with Gasteiger partial charge in [0.2, 0.25) is 0 Å². The molecule has 0 aromatic carbocycles. The summed E-state index contributed by atoms with van der Waals surface area (Å²) >= 11 is 0. The smallest absolute Gasteiger partial charge is 0.308 e. The van der Waals surface area contributed by atoms with Crippen molar-refractivity contribution >= 4 is 5.97 Å². The molecule has 13 heavy (non-hydrogen) atoms. The van der Waals surface area contributed by atoms with E-state index in [0.717, 1.165) is 6.07 Å². The van der Waals surface area contributed by atoms with Gasteiger partial charge in [0.15, 0.2) is 5.88 Å². The highest BCUT2D eigenvalue weighted by molar-refractivity contribution is 5.72. The molecule has 0 bridgehead atoms. The first kappa shape index (κ1) is 9.11. The minimum Gasteiger partial charge on any atom is -0.507 e. The molecule has 0 fully saturated rings. The fraction of sp³-hybridized carbons (Fsp3) is 0.143. The zero-order valence-corrected chi connectivity index (χ0v) is 6.44. The summed E-state index contributed by atoms with van der Waals surface area (Å²) in [4.78, 5) is 22.8. The molecule has 1 aromatic rings. The molecule has 6 nitrogen and oxygen atoms in total. The number of pyridine rings is 1. The van der Waals surface area contributed by atoms with Crippen LogP contribution in [0.25, 0.3) is 0 Å². The lowest BCUT2D eigenvalue weighted by Crippen LogP contribution is -2.08. The van der Waals surface area contributed by atoms with Crippen LogP contribution in [-0.4, -0.2) is 26.3 Å². The molecular weight excluding hydrogens is 178 g/mol. The van der Waals surface area contributed by atoms with Crippen LogP contribution in [-0.2, 0) is 11.2 Å². The molecule has 1 rings (SSSR count). The molecular formula is C7H7NO5. The lowest BCUT2D eigenvalue weighted by Gasteiger charge is -2.02. The fourth-order valence-corrected chi connectivity index (χ4v) is 0.886. The number of aliphatic carboxylic acids is 1. The number of aromatic amines is 1. The molecule has 4 N–H and O–H groups in total. The van der Waals surface area contributed by atoms with E-state index in [1.54, 1.807) is 0 Å². The lowest BCUT2D eigenvalue weighted by molar-refractivity contribution is -0.136. The molecule has 0 spiro atoms. The van der Waals surface area contributed by atoms with Crippen molar-refractivity contribution in [2.45, 2.75) is 6.42 Å². The van der Waals surface area contributed by atoms with Gasteiger partial charge in [0.25, 0.3) is 5.56 Å². The number of aromatic hydroxyl groups is 2. The van der Waals surface area contributed by atoms with E-state index in [4.69, 9.17) is 15.3 Å². The van der Waals surface area contributed by atoms with E-state index in [2.05, 4.69) is 0 Å². The van der Waals surface area contributed by atoms with E-state index in [1.807, 2.05) is 4.98 Å². The van der Waals surface area contributed by atoms with Crippen LogP contribution >= 0.6 is 0 Å². The molecule has 0 saturated heterocycles. The number of H-pyrrole nitrogens is 1. The van der Waals surface area contributed by atoms with Crippen LogP contribution in [0.4, 0.5) is 0 Å². The van der Waals surface area contributed by atoms with Crippen molar-refractivity contribution in [2.75, 3.05) is 0 Å². The number of rotatable bonds is 2. The highest BCUT2D eigenvalue weighted by atomic mass is 16.4. The molecule has 0 atom stereocenters. The number of carboxylic acid groups (broad SMARTS) is 1. The third-order valence-corrected chi connectivity index (χ3v) is 1.43. The Kier molecular flexibility index (Phi) is 2.23. The monoisotopic (exact) mass is 185 g/mol. The predicted molar refractivity (Wildman–Crippen MR) is 41.7 cm³/mol. The second kappa shape index (κ2) is 3.18. The van der Waals surface area contributed by atoms with E-state index >= 15 is 0 Å². The molecule has 0 aliphatic heterocycles. The van der Waals surface area contributed by atoms with Crippen molar-refractivity contribution in [3.63, 3.8) is 0 Å². The average Bonchev–Trinajstić information content (AvgIpc) is 1.96. The second-order valence-corrected chi connectivity index (χ2v) is 2.42. The topological polar surface area (TPSA) is 111 Å². The van der Waals surface area contributed by atoms with Gasteiger partial charge in [0.1, 0.15) is 5.75 Å². The standard InChI is InChI=1S/C7H7NO5/c9-4-2-5(10)8-7(13)3(4)1-6(11)12/h2H,1H2,(H,11,12)(H3,8,9,10,13). The zero-order valence-electron chi connectivity index (χ0n) is 6.44. The quantitative estimate of drug-likeness (QED) is 0.492. The maximum atomic E-state index is 10.6. The van der Waals surface area contributed by atoms with Crippen molar-refractivity contribution in [1.29, 1.82) is 0 Å². The van der Waals surface area contributed by atoms with Crippen molar-refractivity contribution in [1.82, 2.24) is 4.98 Å². The van der Waals surface area contributed by atoms with E-state index in [0.29, 0.717) is 0 Å². The summed E-state index contributed by atoms with van der Waals surface area (Å²) in [6.45, 7) is 0. The molecule has 1 heterocycles. The Morgan fingerprint density at radius 1 is 1.46 bits per heavy atom. The Hall–Kier alpha value is -1.98. The van der Waals surface area contributed by atoms with E-state index in [-0.39, 0.29) is 5.56 Å². The Morgan fingerprint density at radius 2 is 2.08 bits per heavy atom. The Labute approximate surface area is 72.1 Å². The lowest BCUT2D eigenvalue weighted by atomic mass is 10.2. The minimum atomic E-state index is -1.21. The third kappa shape index (κ3) is 1.98. The van der Waals surface area contributed by atoms with Gasteiger partial charge in [0.05, 0.1) is 12.0 Å². The molecule has 0 radical (unpaired) electrons. The predicted octanol–water partition coefficient (Wildman–Crippen LogP) is -0.587. The summed E-state index contributed by atoms with van der Waals surface area (Å²) in [7, 11) is 0. The highest BCUT2D eigenvalue weighted by Gasteiger charge is 2.12. The Morgan fingerprint density at radius 3 is 2.54 bits per heavy atom. The van der Waals surface area contributed by atoms with Crippen LogP contribution in [0.3, 0.4) is 0 Å². The van der Waals surface area contributed by atoms with Gasteiger partial charge in [-0.25, -0.2) is 0 Å². The van der Waals surface area contributed by atoms with Gasteiger partial charge in [-0.3, -0.25) is 14.6 Å². The number of hydrogen-bond donors (Lipinski definition) is 4. The van der Waals surface area contributed by atoms with E-state index < -0.39 is 29.6 Å². The van der Waals surface area contributed by atoms with Gasteiger partial charge in [-0.15, -0.1) is 0 Å². The number of aromatic nitrogens is 1. The molecule has 0 saturated carbocycles. The minimum absolute atomic E-state index is 0.202. The van der Waals surface area contributed by atoms with Crippen molar-refractivity contribution < 1.29 is 20.1 Å². The maximum Gasteiger partial charge on any atom is 0.308 e. The first-order valence-electron chi connectivity index (χ1n) is 3.36. The van der Waals surface area contributed by atoms with Crippen molar-refractivity contribution in [3.8, 4) is 11.6 Å². The number of carbonyl (C=O) groups is 1. The summed E-state index contributed by atoms with van der Waals surface area (Å²) in [6.07, 6.45) is -0.547. The van der Waals surface area contributed by atoms with Gasteiger partial charge in [-0.2, -0.15) is 0 Å². The maximum absolute atomic E-state index is 10.6. The largest absolute Gasteiger partial charge is 0.507 e. The second-order valence-electron chi connectivity index (χ2n) is 2.42. The molecule has 6 heteroatoms. The first-order valence-corrected chi connectivity index (χ1v) is 3.36. The van der Waals surface area contributed by atoms with Crippen LogP contribution in [0.5, 0.6) is 11.6 Å². The van der Waals surface area contributed by atoms with Gasteiger partial charge in [-0.05, 0) is 0 Å². The fourth-order valence-electron chi connectivity index (χ4n) is 0.886. The molecule has 0 unspecified atom stereocenters. The Bertz CT molecular complexity index is 368. The summed E-state index contributed by atoms with van der Waals surface area (Å²) in [6, 6.07) is 0.804. The van der Waals surface area contributed by atoms with Crippen LogP contribution in [0, 0.1) is 0 Å². The van der Waals surface area contributed by atoms with Crippen LogP contribution in [0.15, 0.2) is 10.9 Å². The van der Waals surface area contributed by atoms with E-state index in [1.165, 1.54) is 0 Å². The summed E-state index contributed by atoms with van der Waals surface area (Å²) in [5.74, 6) is -2.35. The molecule has 70 valence electrons. The van der Waals surface area contributed by atoms with E-state index in [9.17, 15) is 9.59 Å². The third-order valence-electron chi connectivity index (χ3n) is 1.43. The van der Waals surface area contributed by atoms with Gasteiger partial charge in [-0.1, -0.05) is 0 Å². The molecule has 0 amide bonds. The van der Waals surface area contributed by atoms with Gasteiger partial charge >= 0.3 is 5.97 Å². The summed E-state index contributed by atoms with van der Waals surface area (Å²) in [5, 5.41) is 26.5. The zero-order chi connectivity index (χ0) is 10.0. The van der Waals surface area contributed by atoms with Crippen LogP contribution in [0.2, 0.25) is 0 Å². The molecule has 0 aliphatic carbocycles. The number of nitrogens with one attached hydrogen (secondary N) is 1. The number of carboxylic acids is 1. The Balaban J connectivity index is 3.20. The van der Waals surface area contributed by atoms with Crippen molar-refractivity contribution in [3.05, 3.63) is 22.0 Å². The van der Waals surface area contributed by atoms with Crippen LogP contribution in [0.1, 0.15) is 5.56 Å². The van der Waals surface area contributed by atoms with Gasteiger partial charge < -0.3 is 15.3 Å². The number of hydrogen-bond acceptors (Lipinski definition) is 4. The molecule has 0 aliphatic rings. The summed E-state index contributed by atoms with van der Waals surface area (Å²) in [5.41, 5.74) is -0.892. The highest BCUT2D eigenvalue weighted by Crippen LogP contribution is 2.22. The van der Waals surface area contributed by atoms with Crippen LogP contribution < -0.4 is 5.56 Å². The van der Waals surface area contributed by atoms with Gasteiger partial charge in [0, 0.05) is 6.07 Å². The molecule has 1 aromatic heterocycles. The van der Waals surface area contributed by atoms with Crippen molar-refractivity contribution in [2.24, 2.45) is 0 Å².